The first-order valence-corrected chi connectivity index (χ1v) is 9.62. The quantitative estimate of drug-likeness (QED) is 0.611. The zero-order valence-electron chi connectivity index (χ0n) is 15.7. The van der Waals surface area contributed by atoms with Crippen LogP contribution in [0.3, 0.4) is 0 Å². The van der Waals surface area contributed by atoms with Gasteiger partial charge in [-0.2, -0.15) is 0 Å². The maximum Gasteiger partial charge on any atom is 0.320 e. The Labute approximate surface area is 159 Å². The lowest BCUT2D eigenvalue weighted by Crippen LogP contribution is -2.38. The van der Waals surface area contributed by atoms with Gasteiger partial charge in [-0.25, -0.2) is 0 Å². The Balaban J connectivity index is 1.54. The van der Waals surface area contributed by atoms with Crippen LogP contribution >= 0.6 is 0 Å². The third-order valence-corrected chi connectivity index (χ3v) is 4.56. The van der Waals surface area contributed by atoms with Crippen LogP contribution in [0.1, 0.15) is 43.0 Å². The Bertz CT molecular complexity index is 698. The van der Waals surface area contributed by atoms with Gasteiger partial charge in [-0.05, 0) is 56.7 Å². The van der Waals surface area contributed by atoms with Crippen LogP contribution in [0.2, 0.25) is 0 Å². The number of anilines is 1. The van der Waals surface area contributed by atoms with Crippen molar-refractivity contribution in [3.63, 3.8) is 0 Å². The average molecular weight is 373 g/mol. The largest absolute Gasteiger partial charge is 0.465 e. The molecule has 2 fully saturated rings. The summed E-state index contributed by atoms with van der Waals surface area (Å²) in [6.45, 7) is 3.05. The van der Waals surface area contributed by atoms with E-state index in [0.717, 1.165) is 32.2 Å². The second-order valence-corrected chi connectivity index (χ2v) is 7.29. The summed E-state index contributed by atoms with van der Waals surface area (Å²) < 4.78 is 5.00. The van der Waals surface area contributed by atoms with Gasteiger partial charge in [-0.1, -0.05) is 6.07 Å². The number of amides is 2. The van der Waals surface area contributed by atoms with Gasteiger partial charge in [0.15, 0.2) is 0 Å². The van der Waals surface area contributed by atoms with E-state index < -0.39 is 0 Å². The van der Waals surface area contributed by atoms with Crippen molar-refractivity contribution < 1.29 is 19.1 Å². The number of esters is 1. The van der Waals surface area contributed by atoms with E-state index in [-0.39, 0.29) is 36.9 Å². The molecule has 2 aliphatic carbocycles. The molecule has 2 amide bonds. The van der Waals surface area contributed by atoms with Gasteiger partial charge in [-0.15, -0.1) is 0 Å². The average Bonchev–Trinajstić information content (AvgIpc) is 3.52. The van der Waals surface area contributed by atoms with Crippen LogP contribution in [-0.4, -0.2) is 55.0 Å². The molecule has 0 spiro atoms. The summed E-state index contributed by atoms with van der Waals surface area (Å²) in [5.41, 5.74) is 1.10. The minimum Gasteiger partial charge on any atom is -0.465 e. The number of hydrogen-bond donors (Lipinski definition) is 2. The number of carbonyl (C=O) groups excluding carboxylic acids is 3. The number of hydrogen-bond acceptors (Lipinski definition) is 5. The van der Waals surface area contributed by atoms with Crippen molar-refractivity contribution in [3.05, 3.63) is 29.8 Å². The molecular formula is C20H27N3O4. The zero-order valence-corrected chi connectivity index (χ0v) is 15.7. The molecule has 146 valence electrons. The highest BCUT2D eigenvalue weighted by Crippen LogP contribution is 2.29. The number of nitrogens with zero attached hydrogens (tertiary/aromatic N) is 1. The van der Waals surface area contributed by atoms with Gasteiger partial charge >= 0.3 is 5.97 Å². The van der Waals surface area contributed by atoms with Gasteiger partial charge in [0.2, 0.25) is 5.91 Å². The fourth-order valence-electron chi connectivity index (χ4n) is 2.88. The lowest BCUT2D eigenvalue weighted by Gasteiger charge is -2.20. The Kier molecular flexibility index (Phi) is 6.45. The molecule has 2 N–H and O–H groups in total. The number of rotatable bonds is 10. The molecule has 0 aromatic heterocycles. The number of benzene rings is 1. The van der Waals surface area contributed by atoms with Crippen LogP contribution in [0, 0.1) is 5.92 Å². The third kappa shape index (κ3) is 6.67. The lowest BCUT2D eigenvalue weighted by molar-refractivity contribution is -0.144. The minimum absolute atomic E-state index is 0.113. The van der Waals surface area contributed by atoms with E-state index in [2.05, 4.69) is 10.6 Å². The first-order chi connectivity index (χ1) is 13.0. The smallest absolute Gasteiger partial charge is 0.320 e. The number of nitrogens with one attached hydrogen (secondary N) is 2. The van der Waals surface area contributed by atoms with E-state index in [0.29, 0.717) is 23.8 Å². The van der Waals surface area contributed by atoms with Crippen LogP contribution in [-0.2, 0) is 14.3 Å². The topological polar surface area (TPSA) is 87.7 Å². The molecule has 7 heteroatoms. The standard InChI is InChI=1S/C20H27N3O4/c1-2-27-19(25)13-23(11-14-6-7-14)12-18(24)21-17-5-3-4-15(10-17)20(26)22-16-8-9-16/h3-5,10,14,16H,2,6-9,11-13H2,1H3,(H,21,24)(H,22,26). The summed E-state index contributed by atoms with van der Waals surface area (Å²) in [6, 6.07) is 7.19. The molecule has 1 aromatic carbocycles. The Morgan fingerprint density at radius 1 is 1.15 bits per heavy atom. The van der Waals surface area contributed by atoms with E-state index in [1.165, 1.54) is 0 Å². The molecule has 1 aromatic rings. The lowest BCUT2D eigenvalue weighted by atomic mass is 10.2. The fraction of sp³-hybridized carbons (Fsp3) is 0.550. The van der Waals surface area contributed by atoms with E-state index >= 15 is 0 Å². The highest BCUT2D eigenvalue weighted by molar-refractivity contribution is 5.97. The Hall–Kier alpha value is -2.41. The Morgan fingerprint density at radius 3 is 2.59 bits per heavy atom. The van der Waals surface area contributed by atoms with Crippen molar-refractivity contribution in [1.82, 2.24) is 10.2 Å². The number of ether oxygens (including phenoxy) is 1. The molecule has 0 unspecified atom stereocenters. The summed E-state index contributed by atoms with van der Waals surface area (Å²) in [6.07, 6.45) is 4.33. The van der Waals surface area contributed by atoms with E-state index in [9.17, 15) is 14.4 Å². The molecule has 3 rings (SSSR count). The van der Waals surface area contributed by atoms with Gasteiger partial charge in [0.1, 0.15) is 0 Å². The molecular weight excluding hydrogens is 346 g/mol. The highest BCUT2D eigenvalue weighted by Gasteiger charge is 2.27. The molecule has 0 atom stereocenters. The van der Waals surface area contributed by atoms with E-state index in [1.807, 2.05) is 4.90 Å². The van der Waals surface area contributed by atoms with Gasteiger partial charge in [0.05, 0.1) is 19.7 Å². The maximum absolute atomic E-state index is 12.4. The van der Waals surface area contributed by atoms with E-state index in [1.54, 1.807) is 31.2 Å². The van der Waals surface area contributed by atoms with Gasteiger partial charge in [0.25, 0.3) is 5.91 Å². The molecule has 27 heavy (non-hydrogen) atoms. The maximum atomic E-state index is 12.4. The van der Waals surface area contributed by atoms with Crippen LogP contribution in [0.5, 0.6) is 0 Å². The molecule has 0 radical (unpaired) electrons. The number of carbonyl (C=O) groups is 3. The molecule has 0 aliphatic heterocycles. The zero-order chi connectivity index (χ0) is 19.2. The van der Waals surface area contributed by atoms with Crippen LogP contribution in [0.15, 0.2) is 24.3 Å². The predicted octanol–water partition coefficient (Wildman–Crippen LogP) is 1.79. The van der Waals surface area contributed by atoms with Crippen molar-refractivity contribution in [2.75, 3.05) is 31.6 Å². The normalized spacial score (nSPS) is 16.1. The second kappa shape index (κ2) is 8.99. The fourth-order valence-corrected chi connectivity index (χ4v) is 2.88. The SMILES string of the molecule is CCOC(=O)CN(CC(=O)Nc1cccc(C(=O)NC2CC2)c1)CC1CC1. The Morgan fingerprint density at radius 2 is 1.93 bits per heavy atom. The van der Waals surface area contributed by atoms with E-state index in [4.69, 9.17) is 4.74 Å². The first-order valence-electron chi connectivity index (χ1n) is 9.62. The van der Waals surface area contributed by atoms with Crippen molar-refractivity contribution in [2.24, 2.45) is 5.92 Å². The van der Waals surface area contributed by atoms with Crippen molar-refractivity contribution >= 4 is 23.5 Å². The summed E-state index contributed by atoms with van der Waals surface area (Å²) in [4.78, 5) is 38.2. The summed E-state index contributed by atoms with van der Waals surface area (Å²) in [7, 11) is 0. The molecule has 7 nitrogen and oxygen atoms in total. The second-order valence-electron chi connectivity index (χ2n) is 7.29. The minimum atomic E-state index is -0.315. The van der Waals surface area contributed by atoms with Crippen molar-refractivity contribution in [3.8, 4) is 0 Å². The van der Waals surface area contributed by atoms with Gasteiger partial charge in [0, 0.05) is 23.8 Å². The first kappa shape index (κ1) is 19.4. The summed E-state index contributed by atoms with van der Waals surface area (Å²) in [5, 5.41) is 5.76. The molecule has 2 aliphatic rings. The summed E-state index contributed by atoms with van der Waals surface area (Å²) >= 11 is 0. The van der Waals surface area contributed by atoms with Crippen LogP contribution in [0.25, 0.3) is 0 Å². The van der Waals surface area contributed by atoms with Crippen molar-refractivity contribution in [1.29, 1.82) is 0 Å². The highest BCUT2D eigenvalue weighted by atomic mass is 16.5. The van der Waals surface area contributed by atoms with Crippen LogP contribution in [0.4, 0.5) is 5.69 Å². The van der Waals surface area contributed by atoms with Crippen molar-refractivity contribution in [2.45, 2.75) is 38.6 Å². The van der Waals surface area contributed by atoms with Gasteiger partial charge < -0.3 is 15.4 Å². The van der Waals surface area contributed by atoms with Crippen LogP contribution < -0.4 is 10.6 Å². The van der Waals surface area contributed by atoms with Gasteiger partial charge in [-0.3, -0.25) is 19.3 Å². The predicted molar refractivity (Wildman–Crippen MR) is 101 cm³/mol. The molecule has 2 saturated carbocycles. The summed E-state index contributed by atoms with van der Waals surface area (Å²) in [5.74, 6) is -0.0858. The molecule has 0 saturated heterocycles. The molecule has 0 heterocycles. The molecule has 0 bridgehead atoms. The monoisotopic (exact) mass is 373 g/mol. The third-order valence-electron chi connectivity index (χ3n) is 4.56.